The van der Waals surface area contributed by atoms with Crippen LogP contribution in [-0.2, 0) is 0 Å². The van der Waals surface area contributed by atoms with Crippen molar-refractivity contribution >= 4 is 27.3 Å². The van der Waals surface area contributed by atoms with Gasteiger partial charge in [0.2, 0.25) is 0 Å². The number of hydrogen-bond donors (Lipinski definition) is 0. The third kappa shape index (κ3) is 2.11. The van der Waals surface area contributed by atoms with Crippen LogP contribution in [0.25, 0.3) is 10.4 Å². The second-order valence-corrected chi connectivity index (χ2v) is 5.63. The molecule has 0 unspecified atom stereocenters. The fraction of sp³-hybridized carbons (Fsp3) is 0.0833. The Kier molecular flexibility index (Phi) is 2.90. The quantitative estimate of drug-likeness (QED) is 0.760. The molecule has 0 atom stereocenters. The van der Waals surface area contributed by atoms with Crippen molar-refractivity contribution in [2.45, 2.75) is 6.92 Å². The molecule has 1 aromatic carbocycles. The van der Waals surface area contributed by atoms with Gasteiger partial charge in [-0.2, -0.15) is 5.26 Å². The van der Waals surface area contributed by atoms with Gasteiger partial charge in [-0.15, -0.1) is 11.3 Å². The first kappa shape index (κ1) is 10.4. The average Bonchev–Trinajstić information content (AvgIpc) is 2.59. The van der Waals surface area contributed by atoms with E-state index in [4.69, 9.17) is 5.26 Å². The van der Waals surface area contributed by atoms with Crippen LogP contribution in [0.5, 0.6) is 0 Å². The number of thiophene rings is 1. The van der Waals surface area contributed by atoms with E-state index in [-0.39, 0.29) is 0 Å². The topological polar surface area (TPSA) is 23.8 Å². The van der Waals surface area contributed by atoms with Crippen LogP contribution >= 0.6 is 27.3 Å². The lowest BCUT2D eigenvalue weighted by molar-refractivity contribution is 1.48. The first-order valence-electron chi connectivity index (χ1n) is 4.47. The highest BCUT2D eigenvalue weighted by molar-refractivity contribution is 9.11. The summed E-state index contributed by atoms with van der Waals surface area (Å²) >= 11 is 5.20. The van der Waals surface area contributed by atoms with Gasteiger partial charge in [0.05, 0.1) is 15.4 Å². The van der Waals surface area contributed by atoms with Crippen molar-refractivity contribution in [1.29, 1.82) is 5.26 Å². The van der Waals surface area contributed by atoms with Crippen LogP contribution in [0.2, 0.25) is 0 Å². The molecule has 0 saturated heterocycles. The number of nitrogens with zero attached hydrogens (tertiary/aromatic N) is 1. The molecule has 0 radical (unpaired) electrons. The van der Waals surface area contributed by atoms with E-state index in [1.165, 1.54) is 10.4 Å². The van der Waals surface area contributed by atoms with Gasteiger partial charge in [0.15, 0.2) is 0 Å². The van der Waals surface area contributed by atoms with Crippen molar-refractivity contribution in [1.82, 2.24) is 0 Å². The highest BCUT2D eigenvalue weighted by Crippen LogP contribution is 2.34. The first-order valence-corrected chi connectivity index (χ1v) is 6.08. The lowest BCUT2D eigenvalue weighted by Gasteiger charge is -1.96. The summed E-state index contributed by atoms with van der Waals surface area (Å²) in [5.41, 5.74) is 3.04. The number of hydrogen-bond acceptors (Lipinski definition) is 2. The number of aryl methyl sites for hydroxylation is 1. The molecular formula is C12H8BrNS. The zero-order chi connectivity index (χ0) is 10.8. The van der Waals surface area contributed by atoms with Gasteiger partial charge in [-0.1, -0.05) is 12.1 Å². The second-order valence-electron chi connectivity index (χ2n) is 3.26. The number of benzene rings is 1. The maximum atomic E-state index is 8.81. The van der Waals surface area contributed by atoms with Crippen LogP contribution < -0.4 is 0 Å². The summed E-state index contributed by atoms with van der Waals surface area (Å²) < 4.78 is 1.15. The largest absolute Gasteiger partial charge is 0.192 e. The first-order chi connectivity index (χ1) is 7.20. The number of nitriles is 1. The minimum absolute atomic E-state index is 0.703. The van der Waals surface area contributed by atoms with Gasteiger partial charge < -0.3 is 0 Å². The van der Waals surface area contributed by atoms with Crippen LogP contribution in [0.4, 0.5) is 0 Å². The molecule has 1 heterocycles. The van der Waals surface area contributed by atoms with Crippen LogP contribution in [-0.4, -0.2) is 0 Å². The molecule has 0 N–H and O–H groups in total. The third-order valence-electron chi connectivity index (χ3n) is 2.13. The van der Waals surface area contributed by atoms with Crippen molar-refractivity contribution in [2.75, 3.05) is 0 Å². The zero-order valence-corrected chi connectivity index (χ0v) is 10.5. The minimum atomic E-state index is 0.703. The van der Waals surface area contributed by atoms with E-state index < -0.39 is 0 Å². The Morgan fingerprint density at radius 1 is 1.33 bits per heavy atom. The fourth-order valence-corrected chi connectivity index (χ4v) is 2.88. The van der Waals surface area contributed by atoms with E-state index in [0.717, 1.165) is 9.35 Å². The number of halogens is 1. The third-order valence-corrected chi connectivity index (χ3v) is 4.32. The van der Waals surface area contributed by atoms with E-state index in [9.17, 15) is 0 Å². The Labute approximate surface area is 101 Å². The monoisotopic (exact) mass is 277 g/mol. The van der Waals surface area contributed by atoms with Crippen molar-refractivity contribution < 1.29 is 0 Å². The van der Waals surface area contributed by atoms with Crippen molar-refractivity contribution in [3.05, 3.63) is 45.2 Å². The van der Waals surface area contributed by atoms with Gasteiger partial charge in [0.25, 0.3) is 0 Å². The second kappa shape index (κ2) is 4.18. The molecule has 15 heavy (non-hydrogen) atoms. The van der Waals surface area contributed by atoms with Crippen LogP contribution in [0.3, 0.4) is 0 Å². The molecule has 0 bridgehead atoms. The van der Waals surface area contributed by atoms with Gasteiger partial charge in [0.1, 0.15) is 0 Å². The fourth-order valence-electron chi connectivity index (χ4n) is 1.34. The number of rotatable bonds is 1. The van der Waals surface area contributed by atoms with Crippen LogP contribution in [0.1, 0.15) is 11.1 Å². The molecule has 0 aliphatic rings. The van der Waals surface area contributed by atoms with Crippen molar-refractivity contribution in [3.63, 3.8) is 0 Å². The zero-order valence-electron chi connectivity index (χ0n) is 8.12. The van der Waals surface area contributed by atoms with E-state index >= 15 is 0 Å². The van der Waals surface area contributed by atoms with Crippen molar-refractivity contribution in [3.8, 4) is 16.5 Å². The van der Waals surface area contributed by atoms with Crippen LogP contribution in [0, 0.1) is 18.3 Å². The Hall–Kier alpha value is -1.11. The summed E-state index contributed by atoms with van der Waals surface area (Å²) in [5.74, 6) is 0. The van der Waals surface area contributed by atoms with Gasteiger partial charge in [-0.05, 0) is 52.2 Å². The molecule has 0 spiro atoms. The molecule has 2 rings (SSSR count). The summed E-state index contributed by atoms with van der Waals surface area (Å²) in [5, 5.41) is 8.81. The van der Waals surface area contributed by atoms with E-state index in [1.807, 2.05) is 24.3 Å². The maximum Gasteiger partial charge on any atom is 0.0991 e. The Balaban J connectivity index is 2.50. The predicted molar refractivity (Wildman–Crippen MR) is 66.9 cm³/mol. The Bertz CT molecular complexity index is 517. The Morgan fingerprint density at radius 2 is 2.13 bits per heavy atom. The molecule has 0 fully saturated rings. The molecule has 1 nitrogen and oxygen atoms in total. The molecule has 0 saturated carbocycles. The molecular weight excluding hydrogens is 270 g/mol. The summed E-state index contributed by atoms with van der Waals surface area (Å²) in [6.07, 6.45) is 0. The molecule has 0 amide bonds. The minimum Gasteiger partial charge on any atom is -0.192 e. The summed E-state index contributed by atoms with van der Waals surface area (Å²) in [6.45, 7) is 2.07. The molecule has 0 aliphatic heterocycles. The van der Waals surface area contributed by atoms with E-state index in [2.05, 4.69) is 35.0 Å². The molecule has 2 aromatic rings. The molecule has 0 aliphatic carbocycles. The standard InChI is InChI=1S/C12H8BrNS/c1-8-5-11(15-12(8)13)10-4-2-3-9(6-10)7-14/h2-6H,1H3. The smallest absolute Gasteiger partial charge is 0.0991 e. The molecule has 3 heteroatoms. The van der Waals surface area contributed by atoms with Gasteiger partial charge in [-0.3, -0.25) is 0 Å². The molecule has 1 aromatic heterocycles. The SMILES string of the molecule is Cc1cc(-c2cccc(C#N)c2)sc1Br. The van der Waals surface area contributed by atoms with Gasteiger partial charge >= 0.3 is 0 Å². The van der Waals surface area contributed by atoms with E-state index in [0.29, 0.717) is 5.56 Å². The highest BCUT2D eigenvalue weighted by Gasteiger charge is 2.05. The predicted octanol–water partition coefficient (Wildman–Crippen LogP) is 4.36. The lowest BCUT2D eigenvalue weighted by atomic mass is 10.1. The highest BCUT2D eigenvalue weighted by atomic mass is 79.9. The normalized spacial score (nSPS) is 9.93. The maximum absolute atomic E-state index is 8.81. The average molecular weight is 278 g/mol. The summed E-state index contributed by atoms with van der Waals surface area (Å²) in [6, 6.07) is 12.0. The lowest BCUT2D eigenvalue weighted by Crippen LogP contribution is -1.75. The van der Waals surface area contributed by atoms with E-state index in [1.54, 1.807) is 11.3 Å². The van der Waals surface area contributed by atoms with Crippen molar-refractivity contribution in [2.24, 2.45) is 0 Å². The summed E-state index contributed by atoms with van der Waals surface area (Å²) in [4.78, 5) is 1.19. The Morgan fingerprint density at radius 3 is 2.73 bits per heavy atom. The van der Waals surface area contributed by atoms with Gasteiger partial charge in [0, 0.05) is 4.88 Å². The van der Waals surface area contributed by atoms with Crippen LogP contribution in [0.15, 0.2) is 34.1 Å². The molecule has 74 valence electrons. The summed E-state index contributed by atoms with van der Waals surface area (Å²) in [7, 11) is 0. The van der Waals surface area contributed by atoms with Gasteiger partial charge in [-0.25, -0.2) is 0 Å².